The number of hydrogen-bond acceptors (Lipinski definition) is 10. The van der Waals surface area contributed by atoms with Crippen molar-refractivity contribution in [2.45, 2.75) is 13.0 Å². The van der Waals surface area contributed by atoms with Gasteiger partial charge < -0.3 is 15.8 Å². The molecule has 0 bridgehead atoms. The summed E-state index contributed by atoms with van der Waals surface area (Å²) in [6, 6.07) is 16.1. The second-order valence-electron chi connectivity index (χ2n) is 8.06. The number of para-hydroxylation sites is 1. The average molecular weight is 492 g/mol. The molecule has 37 heavy (non-hydrogen) atoms. The molecule has 11 nitrogen and oxygen atoms in total. The summed E-state index contributed by atoms with van der Waals surface area (Å²) < 4.78 is 6.65. The van der Waals surface area contributed by atoms with Gasteiger partial charge in [-0.3, -0.25) is 9.36 Å². The van der Waals surface area contributed by atoms with Crippen LogP contribution in [0.5, 0.6) is 5.88 Å². The van der Waals surface area contributed by atoms with Gasteiger partial charge in [0.25, 0.3) is 5.56 Å². The number of nitrogens with one attached hydrogen (secondary N) is 1. The summed E-state index contributed by atoms with van der Waals surface area (Å²) in [5.41, 5.74) is 7.90. The maximum absolute atomic E-state index is 14.1. The third kappa shape index (κ3) is 4.39. The maximum Gasteiger partial charge on any atom is 0.266 e. The minimum Gasteiger partial charge on any atom is -0.480 e. The molecule has 0 fully saturated rings. The number of nitrogens with zero attached hydrogens (tertiary/aromatic N) is 7. The van der Waals surface area contributed by atoms with Gasteiger partial charge in [0, 0.05) is 5.56 Å². The predicted molar refractivity (Wildman–Crippen MR) is 138 cm³/mol. The van der Waals surface area contributed by atoms with Crippen LogP contribution in [0.3, 0.4) is 0 Å². The molecule has 5 aromatic rings. The van der Waals surface area contributed by atoms with Gasteiger partial charge in [0.2, 0.25) is 11.8 Å². The van der Waals surface area contributed by atoms with Crippen molar-refractivity contribution in [2.24, 2.45) is 0 Å². The van der Waals surface area contributed by atoms with Crippen LogP contribution in [0.25, 0.3) is 27.8 Å². The van der Waals surface area contributed by atoms with Crippen molar-refractivity contribution in [2.75, 3.05) is 18.2 Å². The average Bonchev–Trinajstić information content (AvgIpc) is 2.93. The Morgan fingerprint density at radius 2 is 1.84 bits per heavy atom. The van der Waals surface area contributed by atoms with Crippen molar-refractivity contribution >= 4 is 22.7 Å². The molecule has 0 aliphatic rings. The smallest absolute Gasteiger partial charge is 0.266 e. The van der Waals surface area contributed by atoms with E-state index in [1.54, 1.807) is 18.3 Å². The molecule has 0 aliphatic heterocycles. The first-order valence-electron chi connectivity index (χ1n) is 11.3. The van der Waals surface area contributed by atoms with Crippen LogP contribution in [0.1, 0.15) is 24.4 Å². The summed E-state index contributed by atoms with van der Waals surface area (Å²) in [5, 5.41) is 13.0. The lowest BCUT2D eigenvalue weighted by Gasteiger charge is -2.21. The molecular weight excluding hydrogens is 470 g/mol. The fourth-order valence-electron chi connectivity index (χ4n) is 4.00. The van der Waals surface area contributed by atoms with Gasteiger partial charge in [-0.1, -0.05) is 30.3 Å². The summed E-state index contributed by atoms with van der Waals surface area (Å²) in [6.07, 6.45) is 4.40. The zero-order valence-corrected chi connectivity index (χ0v) is 20.0. The third-order valence-electron chi connectivity index (χ3n) is 5.72. The standard InChI is InChI=1S/C26H21N9O2/c1-15(32-23-16(11-27)12-31-26(28)34-23)24-33-19-10-6-9-18(20-13-30-21(37-2)14-29-20)22(19)25(36)35(24)17-7-4-3-5-8-17/h3-10,12-15H,1-2H3,(H3,28,31,32,34). The largest absolute Gasteiger partial charge is 0.480 e. The number of anilines is 2. The number of fused-ring (bicyclic) bond motifs is 1. The molecule has 0 amide bonds. The maximum atomic E-state index is 14.1. The fraction of sp³-hybridized carbons (Fsp3) is 0.115. The van der Waals surface area contributed by atoms with Crippen molar-refractivity contribution < 1.29 is 4.74 Å². The molecule has 1 unspecified atom stereocenters. The van der Waals surface area contributed by atoms with E-state index in [0.29, 0.717) is 39.6 Å². The summed E-state index contributed by atoms with van der Waals surface area (Å²) in [7, 11) is 1.51. The minimum absolute atomic E-state index is 0.0193. The van der Waals surface area contributed by atoms with Gasteiger partial charge >= 0.3 is 0 Å². The van der Waals surface area contributed by atoms with Gasteiger partial charge in [-0.05, 0) is 25.1 Å². The molecular formula is C26H21N9O2. The molecule has 1 atom stereocenters. The second kappa shape index (κ2) is 9.71. The van der Waals surface area contributed by atoms with E-state index >= 15 is 0 Å². The quantitative estimate of drug-likeness (QED) is 0.361. The van der Waals surface area contributed by atoms with Crippen LogP contribution in [0.4, 0.5) is 11.8 Å². The lowest BCUT2D eigenvalue weighted by Crippen LogP contribution is -2.28. The van der Waals surface area contributed by atoms with E-state index in [9.17, 15) is 10.1 Å². The van der Waals surface area contributed by atoms with Crippen LogP contribution in [0.2, 0.25) is 0 Å². The Balaban J connectivity index is 1.73. The molecule has 0 aliphatic carbocycles. The predicted octanol–water partition coefficient (Wildman–Crippen LogP) is 3.27. The third-order valence-corrected chi connectivity index (χ3v) is 5.72. The van der Waals surface area contributed by atoms with Crippen LogP contribution in [-0.2, 0) is 0 Å². The topological polar surface area (TPSA) is 158 Å². The Kier molecular flexibility index (Phi) is 6.13. The molecule has 182 valence electrons. The Labute approximate surface area is 211 Å². The highest BCUT2D eigenvalue weighted by molar-refractivity contribution is 5.93. The van der Waals surface area contributed by atoms with E-state index in [1.165, 1.54) is 24.1 Å². The second-order valence-corrected chi connectivity index (χ2v) is 8.06. The van der Waals surface area contributed by atoms with Crippen molar-refractivity contribution in [3.63, 3.8) is 0 Å². The number of ether oxygens (including phenoxy) is 1. The highest BCUT2D eigenvalue weighted by Gasteiger charge is 2.22. The number of methoxy groups -OCH3 is 1. The number of nitriles is 1. The molecule has 5 rings (SSSR count). The number of nitrogens with two attached hydrogens (primary N) is 1. The molecule has 2 aromatic carbocycles. The molecule has 3 heterocycles. The van der Waals surface area contributed by atoms with E-state index in [-0.39, 0.29) is 22.9 Å². The Bertz CT molecular complexity index is 1690. The van der Waals surface area contributed by atoms with E-state index in [1.807, 2.05) is 49.4 Å². The SMILES string of the molecule is COc1cnc(-c2cccc3nc(C(C)Nc4nc(N)ncc4C#N)n(-c4ccccc4)c(=O)c23)cn1. The normalized spacial score (nSPS) is 11.6. The Hall–Kier alpha value is -5.37. The fourth-order valence-corrected chi connectivity index (χ4v) is 4.00. The lowest BCUT2D eigenvalue weighted by atomic mass is 10.1. The van der Waals surface area contributed by atoms with Crippen LogP contribution in [-0.4, -0.2) is 36.6 Å². The Morgan fingerprint density at radius 3 is 2.54 bits per heavy atom. The highest BCUT2D eigenvalue weighted by atomic mass is 16.5. The number of rotatable bonds is 6. The van der Waals surface area contributed by atoms with Crippen LogP contribution in [0, 0.1) is 11.3 Å². The summed E-state index contributed by atoms with van der Waals surface area (Å²) in [5.74, 6) is 1.06. The Morgan fingerprint density at radius 1 is 1.03 bits per heavy atom. The van der Waals surface area contributed by atoms with Crippen molar-refractivity contribution in [1.82, 2.24) is 29.5 Å². The highest BCUT2D eigenvalue weighted by Crippen LogP contribution is 2.27. The number of nitrogen functional groups attached to an aromatic ring is 1. The summed E-state index contributed by atoms with van der Waals surface area (Å²) in [4.78, 5) is 35.7. The first-order valence-corrected chi connectivity index (χ1v) is 11.3. The summed E-state index contributed by atoms with van der Waals surface area (Å²) in [6.45, 7) is 1.82. The molecule has 0 saturated heterocycles. The molecule has 0 spiro atoms. The van der Waals surface area contributed by atoms with Crippen molar-refractivity contribution in [1.29, 1.82) is 5.26 Å². The summed E-state index contributed by atoms with van der Waals surface area (Å²) >= 11 is 0. The molecule has 0 radical (unpaired) electrons. The first kappa shape index (κ1) is 23.4. The van der Waals surface area contributed by atoms with Gasteiger partial charge in [-0.15, -0.1) is 0 Å². The number of aromatic nitrogens is 6. The molecule has 3 N–H and O–H groups in total. The lowest BCUT2D eigenvalue weighted by molar-refractivity contribution is 0.396. The zero-order valence-electron chi connectivity index (χ0n) is 20.0. The van der Waals surface area contributed by atoms with Crippen LogP contribution in [0.15, 0.2) is 71.9 Å². The minimum atomic E-state index is -0.539. The number of benzene rings is 2. The monoisotopic (exact) mass is 491 g/mol. The van der Waals surface area contributed by atoms with Gasteiger partial charge in [0.15, 0.2) is 0 Å². The van der Waals surface area contributed by atoms with E-state index in [4.69, 9.17) is 15.5 Å². The first-order chi connectivity index (χ1) is 18.0. The van der Waals surface area contributed by atoms with Crippen LogP contribution >= 0.6 is 0 Å². The molecule has 11 heteroatoms. The van der Waals surface area contributed by atoms with Gasteiger partial charge in [-0.25, -0.2) is 19.9 Å². The number of hydrogen-bond donors (Lipinski definition) is 2. The van der Waals surface area contributed by atoms with Gasteiger partial charge in [-0.2, -0.15) is 10.2 Å². The van der Waals surface area contributed by atoms with Gasteiger partial charge in [0.1, 0.15) is 23.3 Å². The van der Waals surface area contributed by atoms with Crippen molar-refractivity contribution in [3.05, 3.63) is 88.9 Å². The van der Waals surface area contributed by atoms with Crippen molar-refractivity contribution in [3.8, 4) is 28.9 Å². The molecule has 3 aromatic heterocycles. The molecule has 0 saturated carbocycles. The van der Waals surface area contributed by atoms with E-state index < -0.39 is 6.04 Å². The zero-order chi connectivity index (χ0) is 25.9. The van der Waals surface area contributed by atoms with E-state index in [0.717, 1.165) is 0 Å². The van der Waals surface area contributed by atoms with Gasteiger partial charge in [0.05, 0.1) is 54.0 Å². The van der Waals surface area contributed by atoms with Crippen LogP contribution < -0.4 is 21.3 Å². The van der Waals surface area contributed by atoms with E-state index in [2.05, 4.69) is 25.3 Å².